The summed E-state index contributed by atoms with van der Waals surface area (Å²) in [6.07, 6.45) is -4.21. The molecular formula is C20H16ClF3N2O3. The van der Waals surface area contributed by atoms with Crippen LogP contribution >= 0.6 is 11.6 Å². The molecule has 1 N–H and O–H groups in total. The zero-order chi connectivity index (χ0) is 21.2. The maximum Gasteiger partial charge on any atom is 0.573 e. The van der Waals surface area contributed by atoms with Gasteiger partial charge >= 0.3 is 6.36 Å². The van der Waals surface area contributed by atoms with E-state index >= 15 is 0 Å². The maximum absolute atomic E-state index is 12.8. The van der Waals surface area contributed by atoms with Crippen molar-refractivity contribution in [2.75, 3.05) is 11.9 Å². The second-order valence-corrected chi connectivity index (χ2v) is 6.65. The summed E-state index contributed by atoms with van der Waals surface area (Å²) in [5.41, 5.74) is 1.07. The number of alkyl halides is 3. The lowest BCUT2D eigenvalue weighted by Gasteiger charge is -2.14. The van der Waals surface area contributed by atoms with Crippen molar-refractivity contribution in [3.63, 3.8) is 0 Å². The minimum Gasteiger partial charge on any atom is -0.406 e. The molecule has 0 bridgehead atoms. The van der Waals surface area contributed by atoms with Crippen molar-refractivity contribution in [1.29, 1.82) is 0 Å². The number of hydrogen-bond donors (Lipinski definition) is 1. The number of carbonyl (C=O) groups excluding carboxylic acids is 2. The molecule has 3 rings (SSSR count). The number of ether oxygens (including phenoxy) is 1. The lowest BCUT2D eigenvalue weighted by atomic mass is 10.0. The van der Waals surface area contributed by atoms with Crippen molar-refractivity contribution in [3.05, 3.63) is 64.8 Å². The smallest absolute Gasteiger partial charge is 0.406 e. The molecule has 1 aliphatic rings. The molecule has 9 heteroatoms. The molecule has 0 radical (unpaired) electrons. The van der Waals surface area contributed by atoms with Gasteiger partial charge in [-0.1, -0.05) is 30.7 Å². The fourth-order valence-electron chi connectivity index (χ4n) is 2.89. The van der Waals surface area contributed by atoms with Gasteiger partial charge in [0.15, 0.2) is 0 Å². The third kappa shape index (κ3) is 4.71. The van der Waals surface area contributed by atoms with Gasteiger partial charge in [0, 0.05) is 17.3 Å². The second kappa shape index (κ2) is 8.16. The first-order valence-corrected chi connectivity index (χ1v) is 9.06. The first-order valence-electron chi connectivity index (χ1n) is 8.69. The Kier molecular flexibility index (Phi) is 5.83. The highest BCUT2D eigenvalue weighted by molar-refractivity contribution is 6.36. The fourth-order valence-corrected chi connectivity index (χ4v) is 3.01. The van der Waals surface area contributed by atoms with Crippen LogP contribution in [0, 0.1) is 0 Å². The molecule has 2 aromatic carbocycles. The molecule has 5 nitrogen and oxygen atoms in total. The molecule has 29 heavy (non-hydrogen) atoms. The second-order valence-electron chi connectivity index (χ2n) is 6.22. The van der Waals surface area contributed by atoms with E-state index in [1.54, 1.807) is 24.3 Å². The summed E-state index contributed by atoms with van der Waals surface area (Å²) >= 11 is 5.90. The lowest BCUT2D eigenvalue weighted by Crippen LogP contribution is -2.33. The van der Waals surface area contributed by atoms with E-state index in [0.29, 0.717) is 22.7 Å². The highest BCUT2D eigenvalue weighted by atomic mass is 35.5. The predicted molar refractivity (Wildman–Crippen MR) is 102 cm³/mol. The van der Waals surface area contributed by atoms with E-state index in [0.717, 1.165) is 17.0 Å². The molecule has 0 spiro atoms. The van der Waals surface area contributed by atoms with Gasteiger partial charge in [0.05, 0.1) is 5.57 Å². The lowest BCUT2D eigenvalue weighted by molar-refractivity contribution is -0.274. The van der Waals surface area contributed by atoms with Crippen LogP contribution in [0.25, 0.3) is 5.57 Å². The molecular weight excluding hydrogens is 409 g/mol. The molecule has 2 aromatic rings. The van der Waals surface area contributed by atoms with Crippen molar-refractivity contribution in [3.8, 4) is 5.75 Å². The van der Waals surface area contributed by atoms with Crippen LogP contribution in [0.3, 0.4) is 0 Å². The summed E-state index contributed by atoms with van der Waals surface area (Å²) in [7, 11) is 0. The molecule has 0 aliphatic carbocycles. The van der Waals surface area contributed by atoms with E-state index in [1.807, 2.05) is 6.92 Å². The number of amides is 2. The standard InChI is InChI=1S/C20H16ClF3N2O3/c1-2-11-26-18(27)16(12-3-5-13(21)6-4-12)17(19(26)28)25-14-7-9-15(10-8-14)29-20(22,23)24/h3-10,25H,2,11H2,1H3. The van der Waals surface area contributed by atoms with Crippen molar-refractivity contribution in [2.45, 2.75) is 19.7 Å². The van der Waals surface area contributed by atoms with Gasteiger partial charge in [0.1, 0.15) is 11.4 Å². The van der Waals surface area contributed by atoms with Gasteiger partial charge < -0.3 is 10.1 Å². The summed E-state index contributed by atoms with van der Waals surface area (Å²) in [6, 6.07) is 11.3. The monoisotopic (exact) mass is 424 g/mol. The van der Waals surface area contributed by atoms with E-state index in [-0.39, 0.29) is 17.8 Å². The van der Waals surface area contributed by atoms with Crippen LogP contribution in [0.1, 0.15) is 18.9 Å². The Morgan fingerprint density at radius 3 is 2.17 bits per heavy atom. The number of anilines is 1. The summed E-state index contributed by atoms with van der Waals surface area (Å²) < 4.78 is 40.7. The first-order chi connectivity index (χ1) is 13.7. The Bertz CT molecular complexity index is 954. The van der Waals surface area contributed by atoms with E-state index in [9.17, 15) is 22.8 Å². The van der Waals surface area contributed by atoms with Gasteiger partial charge in [-0.2, -0.15) is 0 Å². The third-order valence-corrected chi connectivity index (χ3v) is 4.36. The zero-order valence-corrected chi connectivity index (χ0v) is 16.0. The number of hydrogen-bond acceptors (Lipinski definition) is 4. The van der Waals surface area contributed by atoms with E-state index in [1.165, 1.54) is 12.1 Å². The number of nitrogens with zero attached hydrogens (tertiary/aromatic N) is 1. The van der Waals surface area contributed by atoms with E-state index in [2.05, 4.69) is 10.1 Å². The Morgan fingerprint density at radius 2 is 1.62 bits per heavy atom. The summed E-state index contributed by atoms with van der Waals surface area (Å²) in [6.45, 7) is 2.09. The highest BCUT2D eigenvalue weighted by Gasteiger charge is 2.38. The van der Waals surface area contributed by atoms with Gasteiger partial charge in [-0.15, -0.1) is 13.2 Å². The molecule has 0 aromatic heterocycles. The number of imide groups is 1. The van der Waals surface area contributed by atoms with Crippen LogP contribution in [0.4, 0.5) is 18.9 Å². The summed E-state index contributed by atoms with van der Waals surface area (Å²) in [4.78, 5) is 26.8. The van der Waals surface area contributed by atoms with Crippen molar-refractivity contribution in [1.82, 2.24) is 4.90 Å². The van der Waals surface area contributed by atoms with Crippen LogP contribution < -0.4 is 10.1 Å². The average Bonchev–Trinajstić information content (AvgIpc) is 2.88. The summed E-state index contributed by atoms with van der Waals surface area (Å²) in [5, 5.41) is 3.34. The normalized spacial score (nSPS) is 14.6. The first kappa shape index (κ1) is 20.7. The van der Waals surface area contributed by atoms with E-state index < -0.39 is 23.9 Å². The molecule has 0 saturated carbocycles. The van der Waals surface area contributed by atoms with Crippen LogP contribution in [-0.2, 0) is 9.59 Å². The maximum atomic E-state index is 12.8. The minimum absolute atomic E-state index is 0.0512. The molecule has 0 fully saturated rings. The molecule has 2 amide bonds. The largest absolute Gasteiger partial charge is 0.573 e. The van der Waals surface area contributed by atoms with E-state index in [4.69, 9.17) is 11.6 Å². The Balaban J connectivity index is 1.95. The third-order valence-electron chi connectivity index (χ3n) is 4.11. The minimum atomic E-state index is -4.80. The number of benzene rings is 2. The zero-order valence-electron chi connectivity index (χ0n) is 15.2. The Labute approximate surface area is 169 Å². The van der Waals surface area contributed by atoms with Gasteiger partial charge in [0.2, 0.25) is 0 Å². The van der Waals surface area contributed by atoms with Crippen LogP contribution in [-0.4, -0.2) is 29.6 Å². The van der Waals surface area contributed by atoms with Crippen LogP contribution in [0.5, 0.6) is 5.75 Å². The average molecular weight is 425 g/mol. The Hall–Kier alpha value is -3.00. The predicted octanol–water partition coefficient (Wildman–Crippen LogP) is 4.84. The quantitative estimate of drug-likeness (QED) is 0.674. The van der Waals surface area contributed by atoms with Gasteiger partial charge in [-0.25, -0.2) is 0 Å². The van der Waals surface area contributed by atoms with Gasteiger partial charge in [0.25, 0.3) is 11.8 Å². The van der Waals surface area contributed by atoms with Crippen LogP contribution in [0.2, 0.25) is 5.02 Å². The molecule has 0 saturated heterocycles. The molecule has 152 valence electrons. The number of carbonyl (C=O) groups is 2. The van der Waals surface area contributed by atoms with Crippen LogP contribution in [0.15, 0.2) is 54.2 Å². The molecule has 0 unspecified atom stereocenters. The highest BCUT2D eigenvalue weighted by Crippen LogP contribution is 2.32. The SMILES string of the molecule is CCCN1C(=O)C(Nc2ccc(OC(F)(F)F)cc2)=C(c2ccc(Cl)cc2)C1=O. The molecule has 1 heterocycles. The summed E-state index contributed by atoms with van der Waals surface area (Å²) in [5.74, 6) is -1.34. The number of nitrogens with one attached hydrogen (secondary N) is 1. The van der Waals surface area contributed by atoms with Crippen molar-refractivity contribution in [2.24, 2.45) is 0 Å². The fraction of sp³-hybridized carbons (Fsp3) is 0.200. The Morgan fingerprint density at radius 1 is 1.00 bits per heavy atom. The number of rotatable bonds is 6. The van der Waals surface area contributed by atoms with Gasteiger partial charge in [-0.3, -0.25) is 14.5 Å². The molecule has 1 aliphatic heterocycles. The topological polar surface area (TPSA) is 58.6 Å². The van der Waals surface area contributed by atoms with Crippen molar-refractivity contribution >= 4 is 34.7 Å². The number of halogens is 4. The molecule has 0 atom stereocenters. The van der Waals surface area contributed by atoms with Crippen molar-refractivity contribution < 1.29 is 27.5 Å². The van der Waals surface area contributed by atoms with Gasteiger partial charge in [-0.05, 0) is 48.4 Å².